The van der Waals surface area contributed by atoms with Gasteiger partial charge in [0.25, 0.3) is 5.91 Å². The number of carbonyl (C=O) groups excluding carboxylic acids is 1. The van der Waals surface area contributed by atoms with E-state index in [9.17, 15) is 4.79 Å². The van der Waals surface area contributed by atoms with Gasteiger partial charge in [0.1, 0.15) is 0 Å². The van der Waals surface area contributed by atoms with Crippen LogP contribution in [0.25, 0.3) is 0 Å². The Morgan fingerprint density at radius 1 is 1.12 bits per heavy atom. The lowest BCUT2D eigenvalue weighted by Crippen LogP contribution is -2.36. The van der Waals surface area contributed by atoms with Gasteiger partial charge in [0, 0.05) is 31.9 Å². The number of nitrogens with one attached hydrogen (secondary N) is 1. The van der Waals surface area contributed by atoms with Gasteiger partial charge < -0.3 is 10.2 Å². The van der Waals surface area contributed by atoms with Crippen LogP contribution in [-0.4, -0.2) is 44.5 Å². The minimum atomic E-state index is 0.00260. The van der Waals surface area contributed by atoms with Crippen LogP contribution in [0.3, 0.4) is 0 Å². The molecule has 1 atom stereocenters. The molecule has 2 aromatic carbocycles. The van der Waals surface area contributed by atoms with Gasteiger partial charge in [-0.15, -0.1) is 0 Å². The van der Waals surface area contributed by atoms with Crippen LogP contribution in [0, 0.1) is 6.92 Å². The first-order valence-corrected chi connectivity index (χ1v) is 9.41. The Kier molecular flexibility index (Phi) is 5.94. The van der Waals surface area contributed by atoms with E-state index in [-0.39, 0.29) is 11.9 Å². The van der Waals surface area contributed by atoms with E-state index in [4.69, 9.17) is 0 Å². The number of nitrogens with zero attached hydrogens (tertiary/aromatic N) is 2. The average molecular weight is 351 g/mol. The number of hydrogen-bond acceptors (Lipinski definition) is 3. The summed E-state index contributed by atoms with van der Waals surface area (Å²) in [5.41, 5.74) is 4.29. The highest BCUT2D eigenvalue weighted by atomic mass is 16.1. The molecule has 1 saturated heterocycles. The topological polar surface area (TPSA) is 35.6 Å². The number of amides is 1. The molecule has 0 aliphatic carbocycles. The summed E-state index contributed by atoms with van der Waals surface area (Å²) in [7, 11) is 4.10. The quantitative estimate of drug-likeness (QED) is 0.863. The van der Waals surface area contributed by atoms with Crippen molar-refractivity contribution in [1.29, 1.82) is 0 Å². The van der Waals surface area contributed by atoms with Crippen molar-refractivity contribution in [2.45, 2.75) is 25.8 Å². The lowest BCUT2D eigenvalue weighted by molar-refractivity contribution is 0.0938. The summed E-state index contributed by atoms with van der Waals surface area (Å²) in [6.45, 7) is 4.84. The van der Waals surface area contributed by atoms with E-state index in [1.807, 2.05) is 31.2 Å². The lowest BCUT2D eigenvalue weighted by Gasteiger charge is -2.28. The fourth-order valence-corrected chi connectivity index (χ4v) is 3.58. The monoisotopic (exact) mass is 351 g/mol. The van der Waals surface area contributed by atoms with Crippen molar-refractivity contribution in [3.8, 4) is 0 Å². The summed E-state index contributed by atoms with van der Waals surface area (Å²) in [6, 6.07) is 16.7. The van der Waals surface area contributed by atoms with Crippen LogP contribution in [0.5, 0.6) is 0 Å². The van der Waals surface area contributed by atoms with Crippen molar-refractivity contribution in [1.82, 2.24) is 10.2 Å². The van der Waals surface area contributed by atoms with Crippen LogP contribution < -0.4 is 10.2 Å². The van der Waals surface area contributed by atoms with Crippen LogP contribution in [0.2, 0.25) is 0 Å². The second kappa shape index (κ2) is 8.37. The molecular weight excluding hydrogens is 322 g/mol. The Balaban J connectivity index is 1.73. The molecule has 3 rings (SSSR count). The zero-order valence-corrected chi connectivity index (χ0v) is 16.0. The number of benzene rings is 2. The van der Waals surface area contributed by atoms with E-state index in [0.29, 0.717) is 6.54 Å². The van der Waals surface area contributed by atoms with Crippen LogP contribution in [0.1, 0.15) is 40.4 Å². The molecule has 1 N–H and O–H groups in total. The van der Waals surface area contributed by atoms with Crippen molar-refractivity contribution in [3.05, 3.63) is 65.2 Å². The first-order valence-electron chi connectivity index (χ1n) is 9.41. The molecule has 0 bridgehead atoms. The van der Waals surface area contributed by atoms with E-state index < -0.39 is 0 Å². The molecule has 26 heavy (non-hydrogen) atoms. The molecule has 1 aliphatic rings. The molecule has 0 spiro atoms. The second-order valence-electron chi connectivity index (χ2n) is 7.32. The lowest BCUT2D eigenvalue weighted by atomic mass is 10.0. The Morgan fingerprint density at radius 3 is 2.42 bits per heavy atom. The smallest absolute Gasteiger partial charge is 0.251 e. The summed E-state index contributed by atoms with van der Waals surface area (Å²) in [4.78, 5) is 17.1. The van der Waals surface area contributed by atoms with Crippen molar-refractivity contribution >= 4 is 11.6 Å². The molecule has 1 amide bonds. The van der Waals surface area contributed by atoms with Gasteiger partial charge in [-0.05, 0) is 62.7 Å². The van der Waals surface area contributed by atoms with Gasteiger partial charge in [-0.2, -0.15) is 0 Å². The zero-order chi connectivity index (χ0) is 18.5. The molecule has 1 unspecified atom stereocenters. The predicted octanol–water partition coefficient (Wildman–Crippen LogP) is 3.63. The Hall–Kier alpha value is -2.33. The van der Waals surface area contributed by atoms with E-state index in [2.05, 4.69) is 53.5 Å². The molecule has 0 aromatic heterocycles. The summed E-state index contributed by atoms with van der Waals surface area (Å²) in [5, 5.41) is 3.15. The molecule has 4 nitrogen and oxygen atoms in total. The summed E-state index contributed by atoms with van der Waals surface area (Å²) in [6.07, 6.45) is 2.47. The zero-order valence-electron chi connectivity index (χ0n) is 16.0. The molecule has 0 radical (unpaired) electrons. The third-order valence-corrected chi connectivity index (χ3v) is 5.11. The predicted molar refractivity (Wildman–Crippen MR) is 108 cm³/mol. The van der Waals surface area contributed by atoms with E-state index in [1.54, 1.807) is 0 Å². The maximum absolute atomic E-state index is 12.6. The molecule has 2 aromatic rings. The molecule has 4 heteroatoms. The van der Waals surface area contributed by atoms with Gasteiger partial charge in [0.05, 0.1) is 6.04 Å². The van der Waals surface area contributed by atoms with Crippen molar-refractivity contribution in [3.63, 3.8) is 0 Å². The van der Waals surface area contributed by atoms with Crippen molar-refractivity contribution in [2.24, 2.45) is 0 Å². The third-order valence-electron chi connectivity index (χ3n) is 5.11. The first kappa shape index (κ1) is 18.5. The highest BCUT2D eigenvalue weighted by molar-refractivity contribution is 5.94. The number of anilines is 1. The molecule has 0 saturated carbocycles. The SMILES string of the molecule is Cc1cccc(C(=O)NCC(c2ccc(N(C)C)cc2)N2CCCC2)c1. The molecule has 1 aliphatic heterocycles. The van der Waals surface area contributed by atoms with Crippen LogP contribution in [0.15, 0.2) is 48.5 Å². The minimum Gasteiger partial charge on any atom is -0.378 e. The number of aryl methyl sites for hydroxylation is 1. The molecule has 1 heterocycles. The second-order valence-corrected chi connectivity index (χ2v) is 7.32. The van der Waals surface area contributed by atoms with Gasteiger partial charge in [-0.1, -0.05) is 29.8 Å². The fraction of sp³-hybridized carbons (Fsp3) is 0.409. The van der Waals surface area contributed by atoms with Crippen molar-refractivity contribution in [2.75, 3.05) is 38.6 Å². The average Bonchev–Trinajstić information content (AvgIpc) is 3.16. The van der Waals surface area contributed by atoms with Gasteiger partial charge in [-0.3, -0.25) is 9.69 Å². The van der Waals surface area contributed by atoms with Gasteiger partial charge in [-0.25, -0.2) is 0 Å². The van der Waals surface area contributed by atoms with Gasteiger partial charge in [0.2, 0.25) is 0 Å². The summed E-state index contributed by atoms with van der Waals surface area (Å²) in [5.74, 6) is 0.00260. The van der Waals surface area contributed by atoms with Crippen molar-refractivity contribution < 1.29 is 4.79 Å². The van der Waals surface area contributed by atoms with Gasteiger partial charge >= 0.3 is 0 Å². The van der Waals surface area contributed by atoms with E-state index >= 15 is 0 Å². The maximum Gasteiger partial charge on any atom is 0.251 e. The number of carbonyl (C=O) groups is 1. The van der Waals surface area contributed by atoms with Crippen LogP contribution in [-0.2, 0) is 0 Å². The van der Waals surface area contributed by atoms with Crippen LogP contribution in [0.4, 0.5) is 5.69 Å². The normalized spacial score (nSPS) is 15.7. The maximum atomic E-state index is 12.6. The summed E-state index contributed by atoms with van der Waals surface area (Å²) < 4.78 is 0. The molecule has 1 fully saturated rings. The summed E-state index contributed by atoms with van der Waals surface area (Å²) >= 11 is 0. The van der Waals surface area contributed by atoms with Crippen LogP contribution >= 0.6 is 0 Å². The third kappa shape index (κ3) is 4.44. The highest BCUT2D eigenvalue weighted by Gasteiger charge is 2.24. The fourth-order valence-electron chi connectivity index (χ4n) is 3.58. The Bertz CT molecular complexity index is 733. The first-order chi connectivity index (χ1) is 12.5. The Labute approximate surface area is 156 Å². The molecule has 138 valence electrons. The van der Waals surface area contributed by atoms with E-state index in [1.165, 1.54) is 24.1 Å². The Morgan fingerprint density at radius 2 is 1.81 bits per heavy atom. The molecular formula is C22H29N3O. The largest absolute Gasteiger partial charge is 0.378 e. The number of rotatable bonds is 6. The minimum absolute atomic E-state index is 0.00260. The van der Waals surface area contributed by atoms with Gasteiger partial charge in [0.15, 0.2) is 0 Å². The number of likely N-dealkylation sites (tertiary alicyclic amines) is 1. The highest BCUT2D eigenvalue weighted by Crippen LogP contribution is 2.26. The van der Waals surface area contributed by atoms with E-state index in [0.717, 1.165) is 24.2 Å². The number of hydrogen-bond donors (Lipinski definition) is 1. The standard InChI is InChI=1S/C22H29N3O/c1-17-7-6-8-19(15-17)22(26)23-16-21(25-13-4-5-14-25)18-9-11-20(12-10-18)24(2)3/h6-12,15,21H,4-5,13-14,16H2,1-3H3,(H,23,26).